The number of benzene rings is 2. The van der Waals surface area contributed by atoms with Crippen LogP contribution in [0.2, 0.25) is 0 Å². The number of hydrogen-bond donors (Lipinski definition) is 1. The van der Waals surface area contributed by atoms with Gasteiger partial charge in [0.05, 0.1) is 5.56 Å². The predicted molar refractivity (Wildman–Crippen MR) is 97.5 cm³/mol. The molecule has 144 valence electrons. The summed E-state index contributed by atoms with van der Waals surface area (Å²) in [6, 6.07) is 13.3. The van der Waals surface area contributed by atoms with E-state index in [0.717, 1.165) is 12.1 Å². The molecule has 0 unspecified atom stereocenters. The molecule has 6 heteroatoms. The molecule has 27 heavy (non-hydrogen) atoms. The van der Waals surface area contributed by atoms with E-state index in [9.17, 15) is 22.8 Å². The molecule has 2 aromatic carbocycles. The summed E-state index contributed by atoms with van der Waals surface area (Å²) in [6.45, 7) is 3.53. The third-order valence-electron chi connectivity index (χ3n) is 4.29. The molecular weight excluding hydrogens is 355 g/mol. The zero-order chi connectivity index (χ0) is 20.0. The van der Waals surface area contributed by atoms with Crippen LogP contribution in [0.4, 0.5) is 13.2 Å². The normalized spacial score (nSPS) is 13.7. The maximum absolute atomic E-state index is 12.6. The van der Waals surface area contributed by atoms with Gasteiger partial charge in [0.25, 0.3) is 0 Å². The van der Waals surface area contributed by atoms with Gasteiger partial charge in [0.2, 0.25) is 5.91 Å². The average molecular weight is 377 g/mol. The number of hydrogen-bond acceptors (Lipinski definition) is 2. The Labute approximate surface area is 156 Å². The van der Waals surface area contributed by atoms with Gasteiger partial charge in [-0.3, -0.25) is 9.59 Å². The van der Waals surface area contributed by atoms with Crippen molar-refractivity contribution < 1.29 is 22.8 Å². The lowest BCUT2D eigenvalue weighted by Crippen LogP contribution is -2.34. The lowest BCUT2D eigenvalue weighted by molar-refractivity contribution is -0.137. The average Bonchev–Trinajstić information content (AvgIpc) is 2.61. The fourth-order valence-electron chi connectivity index (χ4n) is 2.80. The van der Waals surface area contributed by atoms with E-state index >= 15 is 0 Å². The van der Waals surface area contributed by atoms with Crippen LogP contribution in [-0.4, -0.2) is 17.7 Å². The highest BCUT2D eigenvalue weighted by atomic mass is 19.4. The Morgan fingerprint density at radius 1 is 0.926 bits per heavy atom. The van der Waals surface area contributed by atoms with Crippen LogP contribution in [0, 0.1) is 0 Å². The number of ketones is 1. The first-order valence-electron chi connectivity index (χ1n) is 8.71. The van der Waals surface area contributed by atoms with Gasteiger partial charge < -0.3 is 5.32 Å². The smallest absolute Gasteiger partial charge is 0.353 e. The topological polar surface area (TPSA) is 46.2 Å². The summed E-state index contributed by atoms with van der Waals surface area (Å²) < 4.78 is 37.8. The predicted octanol–water partition coefficient (Wildman–Crippen LogP) is 4.98. The molecule has 0 spiro atoms. The molecule has 1 amide bonds. The van der Waals surface area contributed by atoms with Crippen LogP contribution in [0.1, 0.15) is 54.1 Å². The largest absolute Gasteiger partial charge is 0.416 e. The molecule has 0 bridgehead atoms. The number of rotatable bonds is 7. The summed E-state index contributed by atoms with van der Waals surface area (Å²) in [5.74, 6) is -0.528. The van der Waals surface area contributed by atoms with Gasteiger partial charge in [-0.25, -0.2) is 0 Å². The van der Waals surface area contributed by atoms with Crippen LogP contribution < -0.4 is 5.32 Å². The second-order valence-corrected chi connectivity index (χ2v) is 6.69. The standard InChI is InChI=1S/C21H22F3NO2/c1-14(16-8-10-18(11-9-16)21(22,23)24)12-20(27)25-15(2)13-19(26)17-6-4-3-5-7-17/h3-11,14-15H,12-13H2,1-2H3,(H,25,27)/t14-,15+/m0/s1. The maximum atomic E-state index is 12.6. The van der Waals surface area contributed by atoms with E-state index in [1.807, 2.05) is 6.07 Å². The van der Waals surface area contributed by atoms with Gasteiger partial charge >= 0.3 is 6.18 Å². The number of carbonyl (C=O) groups excluding carboxylic acids is 2. The van der Waals surface area contributed by atoms with E-state index in [4.69, 9.17) is 0 Å². The van der Waals surface area contributed by atoms with Gasteiger partial charge in [0.1, 0.15) is 0 Å². The van der Waals surface area contributed by atoms with Gasteiger partial charge in [-0.2, -0.15) is 13.2 Å². The Morgan fingerprint density at radius 3 is 2.07 bits per heavy atom. The number of Topliss-reactive ketones (excluding diaryl/α,β-unsaturated/α-hetero) is 1. The van der Waals surface area contributed by atoms with E-state index in [-0.39, 0.29) is 36.5 Å². The second kappa shape index (κ2) is 8.84. The Hall–Kier alpha value is -2.63. The molecule has 0 radical (unpaired) electrons. The fraction of sp³-hybridized carbons (Fsp3) is 0.333. The molecule has 2 aromatic rings. The van der Waals surface area contributed by atoms with Crippen LogP contribution in [0.5, 0.6) is 0 Å². The number of halogens is 3. The van der Waals surface area contributed by atoms with Crippen molar-refractivity contribution in [2.45, 2.75) is 44.8 Å². The van der Waals surface area contributed by atoms with Gasteiger partial charge in [-0.05, 0) is 30.5 Å². The van der Waals surface area contributed by atoms with Gasteiger partial charge in [-0.15, -0.1) is 0 Å². The highest BCUT2D eigenvalue weighted by Crippen LogP contribution is 2.30. The monoisotopic (exact) mass is 377 g/mol. The number of carbonyl (C=O) groups is 2. The zero-order valence-electron chi connectivity index (χ0n) is 15.2. The minimum atomic E-state index is -4.38. The Morgan fingerprint density at radius 2 is 1.52 bits per heavy atom. The first-order chi connectivity index (χ1) is 12.7. The molecule has 0 saturated heterocycles. The molecule has 2 atom stereocenters. The van der Waals surface area contributed by atoms with E-state index in [0.29, 0.717) is 11.1 Å². The van der Waals surface area contributed by atoms with Crippen LogP contribution in [0.3, 0.4) is 0 Å². The highest BCUT2D eigenvalue weighted by Gasteiger charge is 2.30. The molecule has 1 N–H and O–H groups in total. The first kappa shape index (κ1) is 20.7. The summed E-state index contributed by atoms with van der Waals surface area (Å²) in [5, 5.41) is 2.78. The molecule has 0 heterocycles. The van der Waals surface area contributed by atoms with Crippen molar-refractivity contribution in [3.63, 3.8) is 0 Å². The van der Waals surface area contributed by atoms with Crippen molar-refractivity contribution in [2.24, 2.45) is 0 Å². The van der Waals surface area contributed by atoms with Gasteiger partial charge in [-0.1, -0.05) is 49.4 Å². The van der Waals surface area contributed by atoms with Crippen LogP contribution in [0.15, 0.2) is 54.6 Å². The SMILES string of the molecule is C[C@H](CC(=O)c1ccccc1)NC(=O)C[C@H](C)c1ccc(C(F)(F)F)cc1. The fourth-order valence-corrected chi connectivity index (χ4v) is 2.80. The summed E-state index contributed by atoms with van der Waals surface area (Å²) in [4.78, 5) is 24.3. The Balaban J connectivity index is 1.86. The first-order valence-corrected chi connectivity index (χ1v) is 8.71. The number of nitrogens with one attached hydrogen (secondary N) is 1. The summed E-state index contributed by atoms with van der Waals surface area (Å²) in [6.07, 6.45) is -4.06. The minimum absolute atomic E-state index is 0.0563. The van der Waals surface area contributed by atoms with Gasteiger partial charge in [0, 0.05) is 24.4 Å². The molecule has 0 fully saturated rings. The molecule has 0 aliphatic carbocycles. The van der Waals surface area contributed by atoms with E-state index in [1.165, 1.54) is 12.1 Å². The molecule has 0 aliphatic rings. The highest BCUT2D eigenvalue weighted by molar-refractivity contribution is 5.96. The van der Waals surface area contributed by atoms with Crippen LogP contribution in [0.25, 0.3) is 0 Å². The summed E-state index contributed by atoms with van der Waals surface area (Å²) in [5.41, 5.74) is 0.541. The van der Waals surface area contributed by atoms with Crippen molar-refractivity contribution >= 4 is 11.7 Å². The van der Waals surface area contributed by atoms with Crippen LogP contribution in [-0.2, 0) is 11.0 Å². The molecule has 0 aromatic heterocycles. The maximum Gasteiger partial charge on any atom is 0.416 e. The van der Waals surface area contributed by atoms with Gasteiger partial charge in [0.15, 0.2) is 5.78 Å². The summed E-state index contributed by atoms with van der Waals surface area (Å²) >= 11 is 0. The molecule has 0 aliphatic heterocycles. The van der Waals surface area contributed by atoms with Crippen molar-refractivity contribution in [3.8, 4) is 0 Å². The minimum Gasteiger partial charge on any atom is -0.353 e. The lowest BCUT2D eigenvalue weighted by Gasteiger charge is -2.17. The molecule has 3 nitrogen and oxygen atoms in total. The quantitative estimate of drug-likeness (QED) is 0.692. The van der Waals surface area contributed by atoms with E-state index in [1.54, 1.807) is 38.1 Å². The van der Waals surface area contributed by atoms with Crippen molar-refractivity contribution in [1.82, 2.24) is 5.32 Å². The molecule has 0 saturated carbocycles. The zero-order valence-corrected chi connectivity index (χ0v) is 15.2. The summed E-state index contributed by atoms with van der Waals surface area (Å²) in [7, 11) is 0. The third-order valence-corrected chi connectivity index (χ3v) is 4.29. The van der Waals surface area contributed by atoms with Crippen LogP contribution >= 0.6 is 0 Å². The van der Waals surface area contributed by atoms with E-state index in [2.05, 4.69) is 5.32 Å². The van der Waals surface area contributed by atoms with Crippen molar-refractivity contribution in [3.05, 3.63) is 71.3 Å². The van der Waals surface area contributed by atoms with Crippen molar-refractivity contribution in [2.75, 3.05) is 0 Å². The number of alkyl halides is 3. The third kappa shape index (κ3) is 6.24. The lowest BCUT2D eigenvalue weighted by atomic mass is 9.96. The van der Waals surface area contributed by atoms with E-state index < -0.39 is 11.7 Å². The Bertz CT molecular complexity index is 770. The molecule has 2 rings (SSSR count). The Kier molecular flexibility index (Phi) is 6.77. The van der Waals surface area contributed by atoms with Crippen molar-refractivity contribution in [1.29, 1.82) is 0 Å². The second-order valence-electron chi connectivity index (χ2n) is 6.69. The number of amides is 1. The molecular formula is C21H22F3NO2.